The standard InChI is InChI=1S/C48H84O2/c1-10-11-12-13-16-19-25-38(44(49)50)26-20-17-14-15-18-21-27-39-30-33-46(7)41-32-35-47(8)40(37(4)24-22-23-36(2)3)31-34-48(47,9)42(41)28-29-43(46)45(39,5)6/h23,37-40,43H,10-22,24-35H2,1-9H3,(H,49,50)/t37-,38?,39?,40-,43?,46-,47+,48+/m1/s1. The van der Waals surface area contributed by atoms with Gasteiger partial charge >= 0.3 is 5.97 Å². The second kappa shape index (κ2) is 18.3. The molecule has 0 aromatic carbocycles. The molecule has 4 rings (SSSR count). The first-order valence-corrected chi connectivity index (χ1v) is 22.3. The molecule has 1 N–H and O–H groups in total. The number of carboxylic acid groups (broad SMARTS) is 1. The van der Waals surface area contributed by atoms with Crippen LogP contribution in [0.25, 0.3) is 0 Å². The first kappa shape index (κ1) is 41.7. The third kappa shape index (κ3) is 9.17. The molecule has 0 aromatic rings. The summed E-state index contributed by atoms with van der Waals surface area (Å²) in [4.78, 5) is 11.8. The van der Waals surface area contributed by atoms with Crippen molar-refractivity contribution in [3.63, 3.8) is 0 Å². The predicted molar refractivity (Wildman–Crippen MR) is 216 cm³/mol. The number of fused-ring (bicyclic) bond motifs is 4. The third-order valence-electron chi connectivity index (χ3n) is 16.5. The van der Waals surface area contributed by atoms with Crippen LogP contribution in [0.2, 0.25) is 0 Å². The second-order valence-corrected chi connectivity index (χ2v) is 20.0. The lowest BCUT2D eigenvalue weighted by Crippen LogP contribution is -2.53. The van der Waals surface area contributed by atoms with Gasteiger partial charge in [-0.15, -0.1) is 0 Å². The van der Waals surface area contributed by atoms with E-state index in [9.17, 15) is 9.90 Å². The average Bonchev–Trinajstić information content (AvgIpc) is 3.34. The van der Waals surface area contributed by atoms with E-state index in [-0.39, 0.29) is 5.92 Å². The van der Waals surface area contributed by atoms with Crippen LogP contribution in [-0.4, -0.2) is 11.1 Å². The normalized spacial score (nSPS) is 32.9. The van der Waals surface area contributed by atoms with Crippen LogP contribution in [0.3, 0.4) is 0 Å². The van der Waals surface area contributed by atoms with Crippen molar-refractivity contribution < 1.29 is 9.90 Å². The zero-order valence-corrected chi connectivity index (χ0v) is 35.0. The fraction of sp³-hybridized carbons (Fsp3) is 0.896. The largest absolute Gasteiger partial charge is 0.481 e. The zero-order chi connectivity index (χ0) is 36.6. The Hall–Kier alpha value is -1.05. The van der Waals surface area contributed by atoms with E-state index < -0.39 is 5.97 Å². The highest BCUT2D eigenvalue weighted by Gasteiger charge is 2.63. The van der Waals surface area contributed by atoms with Crippen LogP contribution >= 0.6 is 0 Å². The molecular formula is C48H84O2. The molecule has 2 nitrogen and oxygen atoms in total. The van der Waals surface area contributed by atoms with Gasteiger partial charge in [0.1, 0.15) is 0 Å². The van der Waals surface area contributed by atoms with Crippen LogP contribution in [-0.2, 0) is 4.79 Å². The van der Waals surface area contributed by atoms with Gasteiger partial charge in [-0.3, -0.25) is 4.79 Å². The van der Waals surface area contributed by atoms with Gasteiger partial charge in [0.15, 0.2) is 0 Å². The first-order valence-electron chi connectivity index (χ1n) is 22.3. The van der Waals surface area contributed by atoms with E-state index in [4.69, 9.17) is 0 Å². The smallest absolute Gasteiger partial charge is 0.306 e. The van der Waals surface area contributed by atoms with Gasteiger partial charge in [0.25, 0.3) is 0 Å². The van der Waals surface area contributed by atoms with Crippen molar-refractivity contribution in [2.45, 2.75) is 223 Å². The second-order valence-electron chi connectivity index (χ2n) is 20.0. The van der Waals surface area contributed by atoms with Gasteiger partial charge in [0, 0.05) is 0 Å². The van der Waals surface area contributed by atoms with E-state index in [1.54, 1.807) is 0 Å². The Balaban J connectivity index is 1.24. The van der Waals surface area contributed by atoms with Crippen LogP contribution in [0.4, 0.5) is 0 Å². The van der Waals surface area contributed by atoms with Gasteiger partial charge in [0.05, 0.1) is 5.92 Å². The van der Waals surface area contributed by atoms with Crippen LogP contribution in [0.5, 0.6) is 0 Å². The van der Waals surface area contributed by atoms with Gasteiger partial charge in [-0.1, -0.05) is 148 Å². The lowest BCUT2D eigenvalue weighted by molar-refractivity contribution is -0.142. The zero-order valence-electron chi connectivity index (χ0n) is 35.0. The summed E-state index contributed by atoms with van der Waals surface area (Å²) in [6.07, 6.45) is 34.6. The number of rotatable bonds is 21. The van der Waals surface area contributed by atoms with Crippen LogP contribution < -0.4 is 0 Å². The minimum absolute atomic E-state index is 0.116. The molecule has 2 fully saturated rings. The van der Waals surface area contributed by atoms with E-state index in [1.165, 1.54) is 140 Å². The Morgan fingerprint density at radius 3 is 2.00 bits per heavy atom. The summed E-state index contributed by atoms with van der Waals surface area (Å²) in [5, 5.41) is 9.72. The van der Waals surface area contributed by atoms with Gasteiger partial charge in [-0.25, -0.2) is 0 Å². The molecule has 0 aliphatic heterocycles. The van der Waals surface area contributed by atoms with Crippen LogP contribution in [0.15, 0.2) is 22.8 Å². The van der Waals surface area contributed by atoms with Crippen molar-refractivity contribution in [3.8, 4) is 0 Å². The molecule has 4 aliphatic rings. The van der Waals surface area contributed by atoms with Gasteiger partial charge in [0.2, 0.25) is 0 Å². The van der Waals surface area contributed by atoms with Crippen molar-refractivity contribution >= 4 is 5.97 Å². The molecule has 2 heteroatoms. The SMILES string of the molecule is CCCCCCCCC(CCCCCCCCC1CC[C@]2(C)C3=C(CCC2C1(C)C)[C@]1(C)CC[C@H]([C@H](C)CCC=C(C)C)[C@]1(C)CC3)C(=O)O. The van der Waals surface area contributed by atoms with Crippen LogP contribution in [0.1, 0.15) is 223 Å². The molecular weight excluding hydrogens is 609 g/mol. The summed E-state index contributed by atoms with van der Waals surface area (Å²) < 4.78 is 0. The number of carboxylic acids is 1. The number of carbonyl (C=O) groups is 1. The summed E-state index contributed by atoms with van der Waals surface area (Å²) in [7, 11) is 0. The lowest BCUT2D eigenvalue weighted by atomic mass is 9.42. The number of unbranched alkanes of at least 4 members (excludes halogenated alkanes) is 10. The van der Waals surface area contributed by atoms with Gasteiger partial charge in [-0.2, -0.15) is 0 Å². The van der Waals surface area contributed by atoms with E-state index in [0.717, 1.165) is 49.4 Å². The lowest BCUT2D eigenvalue weighted by Gasteiger charge is -2.63. The molecule has 0 amide bonds. The Bertz CT molecular complexity index is 1140. The fourth-order valence-electron chi connectivity index (χ4n) is 13.1. The maximum atomic E-state index is 11.8. The van der Waals surface area contributed by atoms with Crippen molar-refractivity contribution in [2.75, 3.05) is 0 Å². The molecule has 0 spiro atoms. The quantitative estimate of drug-likeness (QED) is 0.0960. The minimum atomic E-state index is -0.561. The van der Waals surface area contributed by atoms with Crippen molar-refractivity contribution in [3.05, 3.63) is 22.8 Å². The van der Waals surface area contributed by atoms with Gasteiger partial charge in [-0.05, 0) is 143 Å². The maximum absolute atomic E-state index is 11.8. The molecule has 0 aromatic heterocycles. The summed E-state index contributed by atoms with van der Waals surface area (Å²) in [5.41, 5.74) is 7.10. The molecule has 288 valence electrons. The molecule has 50 heavy (non-hydrogen) atoms. The number of aliphatic carboxylic acids is 1. The van der Waals surface area contributed by atoms with E-state index in [2.05, 4.69) is 68.4 Å². The Kier molecular flexibility index (Phi) is 15.3. The highest BCUT2D eigenvalue weighted by atomic mass is 16.4. The highest BCUT2D eigenvalue weighted by molar-refractivity contribution is 5.69. The molecule has 3 unspecified atom stereocenters. The summed E-state index contributed by atoms with van der Waals surface area (Å²) in [6.45, 7) is 22.9. The molecule has 0 heterocycles. The molecule has 0 bridgehead atoms. The van der Waals surface area contributed by atoms with Crippen LogP contribution in [0, 0.1) is 51.2 Å². The first-order chi connectivity index (χ1) is 23.7. The molecule has 8 atom stereocenters. The van der Waals surface area contributed by atoms with E-state index in [0.29, 0.717) is 21.7 Å². The van der Waals surface area contributed by atoms with E-state index >= 15 is 0 Å². The maximum Gasteiger partial charge on any atom is 0.306 e. The summed E-state index contributed by atoms with van der Waals surface area (Å²) in [5.74, 6) is 2.72. The Morgan fingerprint density at radius 2 is 1.38 bits per heavy atom. The van der Waals surface area contributed by atoms with E-state index in [1.807, 2.05) is 11.1 Å². The Labute approximate surface area is 311 Å². The van der Waals surface area contributed by atoms with Crippen molar-refractivity contribution in [2.24, 2.45) is 51.2 Å². The summed E-state index contributed by atoms with van der Waals surface area (Å²) in [6, 6.07) is 0. The molecule has 0 saturated heterocycles. The molecule has 4 aliphatic carbocycles. The number of hydrogen-bond donors (Lipinski definition) is 1. The van der Waals surface area contributed by atoms with Gasteiger partial charge < -0.3 is 5.11 Å². The molecule has 2 saturated carbocycles. The Morgan fingerprint density at radius 1 is 0.760 bits per heavy atom. The summed E-state index contributed by atoms with van der Waals surface area (Å²) >= 11 is 0. The number of hydrogen-bond acceptors (Lipinski definition) is 1. The monoisotopic (exact) mass is 693 g/mol. The van der Waals surface area contributed by atoms with Crippen molar-refractivity contribution in [1.82, 2.24) is 0 Å². The molecule has 0 radical (unpaired) electrons. The fourth-order valence-corrected chi connectivity index (χ4v) is 13.1. The van der Waals surface area contributed by atoms with Crippen molar-refractivity contribution in [1.29, 1.82) is 0 Å². The average molecular weight is 693 g/mol. The third-order valence-corrected chi connectivity index (χ3v) is 16.5. The number of allylic oxidation sites excluding steroid dienone is 4. The highest BCUT2D eigenvalue weighted by Crippen LogP contribution is 2.73. The predicted octanol–water partition coefficient (Wildman–Crippen LogP) is 15.3. The minimum Gasteiger partial charge on any atom is -0.481 e. The topological polar surface area (TPSA) is 37.3 Å².